The molecule has 4 N–H and O–H groups in total. The molecule has 0 saturated heterocycles. The van der Waals surface area contributed by atoms with Gasteiger partial charge in [-0.25, -0.2) is 0 Å². The van der Waals surface area contributed by atoms with Gasteiger partial charge >= 0.3 is 0 Å². The Morgan fingerprint density at radius 1 is 1.19 bits per heavy atom. The Balaban J connectivity index is 0.00000625. The molecule has 2 atom stereocenters. The van der Waals surface area contributed by atoms with Gasteiger partial charge in [-0.15, -0.1) is 24.0 Å². The number of nitrogens with one attached hydrogen (secondary N) is 3. The summed E-state index contributed by atoms with van der Waals surface area (Å²) in [6.07, 6.45) is 1.36. The van der Waals surface area contributed by atoms with Crippen LogP contribution in [-0.4, -0.2) is 42.6 Å². The van der Waals surface area contributed by atoms with E-state index in [0.717, 1.165) is 18.5 Å². The number of halogens is 1. The summed E-state index contributed by atoms with van der Waals surface area (Å²) < 4.78 is 0. The van der Waals surface area contributed by atoms with Gasteiger partial charge < -0.3 is 21.1 Å². The highest BCUT2D eigenvalue weighted by Crippen LogP contribution is 2.15. The highest BCUT2D eigenvalue weighted by Gasteiger charge is 2.07. The Bertz CT molecular complexity index is 526. The highest BCUT2D eigenvalue weighted by atomic mass is 127. The maximum atomic E-state index is 11.8. The zero-order chi connectivity index (χ0) is 18.5. The van der Waals surface area contributed by atoms with Crippen LogP contribution >= 0.6 is 24.0 Å². The maximum absolute atomic E-state index is 11.8. The van der Waals surface area contributed by atoms with E-state index in [0.29, 0.717) is 31.9 Å². The molecule has 6 nitrogen and oxygen atoms in total. The number of aliphatic imine (C=N–C) groups is 1. The molecule has 148 valence electrons. The van der Waals surface area contributed by atoms with E-state index in [1.165, 1.54) is 0 Å². The molecule has 2 unspecified atom stereocenters. The molecule has 0 aromatic heterocycles. The van der Waals surface area contributed by atoms with Crippen LogP contribution in [0.2, 0.25) is 0 Å². The normalized spacial score (nSPS) is 13.3. The smallest absolute Gasteiger partial charge is 0.221 e. The minimum absolute atomic E-state index is 0. The number of hydrogen-bond donors (Lipinski definition) is 4. The van der Waals surface area contributed by atoms with Crippen molar-refractivity contribution in [3.05, 3.63) is 35.9 Å². The van der Waals surface area contributed by atoms with Crippen molar-refractivity contribution in [2.45, 2.75) is 52.2 Å². The van der Waals surface area contributed by atoms with Crippen molar-refractivity contribution in [1.29, 1.82) is 0 Å². The average molecular weight is 476 g/mol. The van der Waals surface area contributed by atoms with Crippen molar-refractivity contribution in [3.8, 4) is 0 Å². The number of carbonyl (C=O) groups is 1. The number of aliphatic hydroxyl groups is 1. The minimum Gasteiger partial charge on any atom is -0.388 e. The number of carbonyl (C=O) groups excluding carboxylic acids is 1. The fraction of sp³-hybridized carbons (Fsp3) is 0.579. The van der Waals surface area contributed by atoms with Gasteiger partial charge in [0, 0.05) is 32.1 Å². The second-order valence-corrected chi connectivity index (χ2v) is 6.03. The second-order valence-electron chi connectivity index (χ2n) is 6.03. The van der Waals surface area contributed by atoms with Crippen molar-refractivity contribution in [1.82, 2.24) is 16.0 Å². The summed E-state index contributed by atoms with van der Waals surface area (Å²) in [4.78, 5) is 16.2. The van der Waals surface area contributed by atoms with E-state index < -0.39 is 6.10 Å². The Hall–Kier alpha value is -1.35. The molecular formula is C19H33IN4O2. The van der Waals surface area contributed by atoms with Gasteiger partial charge in [-0.3, -0.25) is 9.79 Å². The molecular weight excluding hydrogens is 443 g/mol. The van der Waals surface area contributed by atoms with E-state index in [1.54, 1.807) is 0 Å². The van der Waals surface area contributed by atoms with Crippen molar-refractivity contribution in [3.63, 3.8) is 0 Å². The molecule has 1 aromatic carbocycles. The van der Waals surface area contributed by atoms with Crippen molar-refractivity contribution >= 4 is 35.8 Å². The fourth-order valence-corrected chi connectivity index (χ4v) is 2.23. The predicted molar refractivity (Wildman–Crippen MR) is 118 cm³/mol. The lowest BCUT2D eigenvalue weighted by Gasteiger charge is -2.14. The van der Waals surface area contributed by atoms with Gasteiger partial charge in [0.1, 0.15) is 0 Å². The second kappa shape index (κ2) is 14.8. The number of amides is 1. The van der Waals surface area contributed by atoms with Crippen LogP contribution in [0.15, 0.2) is 35.3 Å². The maximum Gasteiger partial charge on any atom is 0.221 e. The first-order chi connectivity index (χ1) is 12.1. The average Bonchev–Trinajstić information content (AvgIpc) is 2.62. The number of nitrogens with zero attached hydrogens (tertiary/aromatic N) is 1. The van der Waals surface area contributed by atoms with E-state index >= 15 is 0 Å². The van der Waals surface area contributed by atoms with Crippen molar-refractivity contribution in [2.24, 2.45) is 4.99 Å². The van der Waals surface area contributed by atoms with Gasteiger partial charge in [-0.2, -0.15) is 0 Å². The molecule has 0 fully saturated rings. The summed E-state index contributed by atoms with van der Waals surface area (Å²) in [5, 5.41) is 19.4. The van der Waals surface area contributed by atoms with Crippen LogP contribution < -0.4 is 16.0 Å². The molecule has 1 aromatic rings. The van der Waals surface area contributed by atoms with Crippen LogP contribution in [0.1, 0.15) is 51.7 Å². The van der Waals surface area contributed by atoms with Crippen LogP contribution in [-0.2, 0) is 4.79 Å². The van der Waals surface area contributed by atoms with Gasteiger partial charge in [0.25, 0.3) is 0 Å². The SMILES string of the molecule is CCNC(=NCCC(O)c1ccccc1)NCCC(=O)NC(C)CC.I. The largest absolute Gasteiger partial charge is 0.388 e. The summed E-state index contributed by atoms with van der Waals surface area (Å²) in [5.74, 6) is 0.705. The van der Waals surface area contributed by atoms with Crippen LogP contribution in [0, 0.1) is 0 Å². The summed E-state index contributed by atoms with van der Waals surface area (Å²) in [6, 6.07) is 9.78. The van der Waals surface area contributed by atoms with Gasteiger partial charge in [0.05, 0.1) is 6.10 Å². The molecule has 0 saturated carbocycles. The van der Waals surface area contributed by atoms with E-state index in [-0.39, 0.29) is 35.9 Å². The highest BCUT2D eigenvalue weighted by molar-refractivity contribution is 14.0. The monoisotopic (exact) mass is 476 g/mol. The fourth-order valence-electron chi connectivity index (χ4n) is 2.23. The third kappa shape index (κ3) is 10.6. The van der Waals surface area contributed by atoms with Gasteiger partial charge in [-0.1, -0.05) is 37.3 Å². The van der Waals surface area contributed by atoms with E-state index in [2.05, 4.69) is 20.9 Å². The van der Waals surface area contributed by atoms with Crippen LogP contribution in [0.3, 0.4) is 0 Å². The number of aliphatic hydroxyl groups excluding tert-OH is 1. The quantitative estimate of drug-likeness (QED) is 0.238. The Morgan fingerprint density at radius 2 is 1.88 bits per heavy atom. The van der Waals surface area contributed by atoms with E-state index in [1.807, 2.05) is 51.1 Å². The summed E-state index contributed by atoms with van der Waals surface area (Å²) >= 11 is 0. The molecule has 0 bridgehead atoms. The molecule has 7 heteroatoms. The Morgan fingerprint density at radius 3 is 2.50 bits per heavy atom. The molecule has 0 aliphatic rings. The third-order valence-electron chi connectivity index (χ3n) is 3.87. The zero-order valence-electron chi connectivity index (χ0n) is 16.0. The lowest BCUT2D eigenvalue weighted by atomic mass is 10.1. The van der Waals surface area contributed by atoms with Crippen molar-refractivity contribution < 1.29 is 9.90 Å². The topological polar surface area (TPSA) is 85.8 Å². The first-order valence-corrected chi connectivity index (χ1v) is 9.11. The molecule has 0 aliphatic carbocycles. The van der Waals surface area contributed by atoms with Crippen LogP contribution in [0.25, 0.3) is 0 Å². The van der Waals surface area contributed by atoms with Gasteiger partial charge in [0.2, 0.25) is 5.91 Å². The predicted octanol–water partition coefficient (Wildman–Crippen LogP) is 2.59. The summed E-state index contributed by atoms with van der Waals surface area (Å²) in [5.41, 5.74) is 0.900. The zero-order valence-corrected chi connectivity index (χ0v) is 18.3. The number of hydrogen-bond acceptors (Lipinski definition) is 3. The first-order valence-electron chi connectivity index (χ1n) is 9.11. The lowest BCUT2D eigenvalue weighted by molar-refractivity contribution is -0.121. The lowest BCUT2D eigenvalue weighted by Crippen LogP contribution is -2.40. The first kappa shape index (κ1) is 24.7. The summed E-state index contributed by atoms with van der Waals surface area (Å²) in [7, 11) is 0. The number of guanidine groups is 1. The number of rotatable bonds is 10. The minimum atomic E-state index is -0.519. The molecule has 1 rings (SSSR count). The van der Waals surface area contributed by atoms with Crippen LogP contribution in [0.4, 0.5) is 0 Å². The molecule has 1 amide bonds. The molecule has 0 radical (unpaired) electrons. The molecule has 0 heterocycles. The Labute approximate surface area is 174 Å². The van der Waals surface area contributed by atoms with Gasteiger partial charge in [-0.05, 0) is 32.3 Å². The Kier molecular flexibility index (Phi) is 14.0. The van der Waals surface area contributed by atoms with Crippen molar-refractivity contribution in [2.75, 3.05) is 19.6 Å². The van der Waals surface area contributed by atoms with Gasteiger partial charge in [0.15, 0.2) is 5.96 Å². The summed E-state index contributed by atoms with van der Waals surface area (Å²) in [6.45, 7) is 7.80. The third-order valence-corrected chi connectivity index (χ3v) is 3.87. The van der Waals surface area contributed by atoms with E-state index in [9.17, 15) is 9.90 Å². The van der Waals surface area contributed by atoms with Crippen LogP contribution in [0.5, 0.6) is 0 Å². The molecule has 0 spiro atoms. The molecule has 0 aliphatic heterocycles. The standard InChI is InChI=1S/C19H32N4O2.HI/c1-4-15(3)23-18(25)12-14-22-19(20-5-2)21-13-11-17(24)16-9-7-6-8-10-16;/h6-10,15,17,24H,4-5,11-14H2,1-3H3,(H,23,25)(H2,20,21,22);1H. The number of benzene rings is 1. The van der Waals surface area contributed by atoms with E-state index in [4.69, 9.17) is 0 Å². The molecule has 26 heavy (non-hydrogen) atoms.